The quantitative estimate of drug-likeness (QED) is 0.501. The van der Waals surface area contributed by atoms with Crippen LogP contribution in [0.3, 0.4) is 0 Å². The van der Waals surface area contributed by atoms with Gasteiger partial charge in [-0.3, -0.25) is 14.7 Å². The highest BCUT2D eigenvalue weighted by Gasteiger charge is 2.14. The van der Waals surface area contributed by atoms with Crippen LogP contribution in [-0.4, -0.2) is 20.5 Å². The zero-order chi connectivity index (χ0) is 21.0. The van der Waals surface area contributed by atoms with Crippen molar-refractivity contribution in [1.29, 1.82) is 0 Å². The number of aromatic amines is 1. The summed E-state index contributed by atoms with van der Waals surface area (Å²) in [5.74, 6) is -0.815. The van der Waals surface area contributed by atoms with E-state index in [1.165, 1.54) is 12.1 Å². The third-order valence-corrected chi connectivity index (χ3v) is 3.80. The maximum Gasteiger partial charge on any atom is 0.326 e. The smallest absolute Gasteiger partial charge is 0.326 e. The van der Waals surface area contributed by atoms with Gasteiger partial charge in [-0.2, -0.15) is 0 Å². The normalized spacial score (nSPS) is 10.9. The maximum atomic E-state index is 13.0. The number of anilines is 1. The second-order valence-corrected chi connectivity index (χ2v) is 6.77. The van der Waals surface area contributed by atoms with Crippen LogP contribution in [0.4, 0.5) is 20.2 Å². The number of fused-ring (bicyclic) bond motifs is 1. The number of nitrogens with zero attached hydrogens (tertiary/aromatic N) is 2. The predicted octanol–water partition coefficient (Wildman–Crippen LogP) is 4.60. The van der Waals surface area contributed by atoms with Gasteiger partial charge >= 0.3 is 5.69 Å². The molecule has 0 unspecified atom stereocenters. The van der Waals surface area contributed by atoms with Crippen molar-refractivity contribution < 1.29 is 13.7 Å². The molecule has 0 amide bonds. The van der Waals surface area contributed by atoms with Crippen molar-refractivity contribution in [3.8, 4) is 0 Å². The Labute approximate surface area is 160 Å². The summed E-state index contributed by atoms with van der Waals surface area (Å²) in [5.41, 5.74) is 1.20. The summed E-state index contributed by atoms with van der Waals surface area (Å²) in [4.78, 5) is 24.2. The third-order valence-electron chi connectivity index (χ3n) is 3.80. The highest BCUT2D eigenvalue weighted by molar-refractivity contribution is 5.75. The van der Waals surface area contributed by atoms with Crippen LogP contribution in [0.25, 0.3) is 11.0 Å². The van der Waals surface area contributed by atoms with Crippen LogP contribution in [0.1, 0.15) is 33.7 Å². The van der Waals surface area contributed by atoms with Crippen LogP contribution in [0.5, 0.6) is 0 Å². The molecule has 0 radical (unpaired) electrons. The highest BCUT2D eigenvalue weighted by Crippen LogP contribution is 2.25. The molecule has 0 fully saturated rings. The van der Waals surface area contributed by atoms with Gasteiger partial charge in [0.1, 0.15) is 17.3 Å². The van der Waals surface area contributed by atoms with Crippen molar-refractivity contribution in [2.24, 2.45) is 0 Å². The Morgan fingerprint density at radius 3 is 2.25 bits per heavy atom. The molecule has 0 bridgehead atoms. The van der Waals surface area contributed by atoms with Crippen molar-refractivity contribution in [1.82, 2.24) is 9.55 Å². The van der Waals surface area contributed by atoms with Gasteiger partial charge in [-0.1, -0.05) is 0 Å². The molecule has 0 spiro atoms. The van der Waals surface area contributed by atoms with Gasteiger partial charge in [0, 0.05) is 24.2 Å². The van der Waals surface area contributed by atoms with Gasteiger partial charge in [0.2, 0.25) is 0 Å². The Balaban J connectivity index is 0.000000200. The molecule has 150 valence electrons. The number of halogens is 2. The number of imidazole rings is 1. The number of hydrogen-bond acceptors (Lipinski definition) is 4. The number of hydrogen-bond donors (Lipinski definition) is 2. The molecule has 3 aromatic rings. The second-order valence-electron chi connectivity index (χ2n) is 6.77. The minimum absolute atomic E-state index is 0.0236. The zero-order valence-electron chi connectivity index (χ0n) is 16.0. The van der Waals surface area contributed by atoms with Gasteiger partial charge < -0.3 is 10.3 Å². The van der Waals surface area contributed by atoms with E-state index < -0.39 is 10.7 Å². The van der Waals surface area contributed by atoms with Crippen LogP contribution in [0, 0.1) is 21.7 Å². The van der Waals surface area contributed by atoms with Gasteiger partial charge in [-0.05, 0) is 52.0 Å². The summed E-state index contributed by atoms with van der Waals surface area (Å²) in [6.45, 7) is 7.43. The number of aromatic nitrogens is 2. The van der Waals surface area contributed by atoms with E-state index in [1.807, 2.05) is 27.7 Å². The summed E-state index contributed by atoms with van der Waals surface area (Å²) >= 11 is 0. The van der Waals surface area contributed by atoms with E-state index in [9.17, 15) is 23.7 Å². The first-order chi connectivity index (χ1) is 13.1. The summed E-state index contributed by atoms with van der Waals surface area (Å²) in [6.07, 6.45) is 0. The first kappa shape index (κ1) is 21.1. The topological polar surface area (TPSA) is 93.0 Å². The lowest BCUT2D eigenvalue weighted by molar-refractivity contribution is -0.384. The Bertz CT molecular complexity index is 1040. The molecule has 0 aliphatic heterocycles. The average molecular weight is 392 g/mol. The standard InChI is InChI=1S/C10H11FN2O.C9H11FN2O2/c1-6(2)13-9-5-7(11)3-4-8(9)12-10(13)14;1-6(2)11-8-5-7(10)3-4-9(8)12(13)14/h3-6H,1-2H3,(H,12,14);3-6,11H,1-2H3. The van der Waals surface area contributed by atoms with Gasteiger partial charge in [0.05, 0.1) is 16.0 Å². The van der Waals surface area contributed by atoms with Crippen LogP contribution in [0.2, 0.25) is 0 Å². The second kappa shape index (κ2) is 8.64. The molecular formula is C19H22F2N4O3. The van der Waals surface area contributed by atoms with E-state index in [2.05, 4.69) is 10.3 Å². The lowest BCUT2D eigenvalue weighted by atomic mass is 10.2. The molecule has 0 aliphatic carbocycles. The molecule has 0 saturated heterocycles. The molecule has 0 saturated carbocycles. The molecule has 2 aromatic carbocycles. The van der Waals surface area contributed by atoms with Gasteiger partial charge in [0.15, 0.2) is 0 Å². The molecule has 7 nitrogen and oxygen atoms in total. The highest BCUT2D eigenvalue weighted by atomic mass is 19.1. The van der Waals surface area contributed by atoms with E-state index in [0.29, 0.717) is 11.0 Å². The number of benzene rings is 2. The fraction of sp³-hybridized carbons (Fsp3) is 0.316. The Morgan fingerprint density at radius 2 is 1.68 bits per heavy atom. The molecule has 3 rings (SSSR count). The van der Waals surface area contributed by atoms with Gasteiger partial charge in [-0.25, -0.2) is 13.6 Å². The number of rotatable bonds is 4. The summed E-state index contributed by atoms with van der Waals surface area (Å²) in [6, 6.07) is 7.68. The number of nitro groups is 1. The van der Waals surface area contributed by atoms with E-state index in [0.717, 1.165) is 18.2 Å². The molecule has 28 heavy (non-hydrogen) atoms. The predicted molar refractivity (Wildman–Crippen MR) is 105 cm³/mol. The molecule has 0 aliphatic rings. The molecule has 0 atom stereocenters. The molecule has 2 N–H and O–H groups in total. The number of nitrogens with one attached hydrogen (secondary N) is 2. The van der Waals surface area contributed by atoms with E-state index in [1.54, 1.807) is 10.6 Å². The molecule has 1 heterocycles. The first-order valence-corrected chi connectivity index (χ1v) is 8.70. The van der Waals surface area contributed by atoms with E-state index in [4.69, 9.17) is 0 Å². The first-order valence-electron chi connectivity index (χ1n) is 8.70. The zero-order valence-corrected chi connectivity index (χ0v) is 16.0. The van der Waals surface area contributed by atoms with Crippen LogP contribution >= 0.6 is 0 Å². The summed E-state index contributed by atoms with van der Waals surface area (Å²) < 4.78 is 27.3. The van der Waals surface area contributed by atoms with Crippen molar-refractivity contribution in [3.63, 3.8) is 0 Å². The van der Waals surface area contributed by atoms with Crippen molar-refractivity contribution in [2.45, 2.75) is 39.8 Å². The number of H-pyrrole nitrogens is 1. The van der Waals surface area contributed by atoms with Gasteiger partial charge in [-0.15, -0.1) is 0 Å². The number of nitro benzene ring substituents is 1. The van der Waals surface area contributed by atoms with Crippen molar-refractivity contribution in [3.05, 3.63) is 68.6 Å². The van der Waals surface area contributed by atoms with E-state index >= 15 is 0 Å². The minimum Gasteiger partial charge on any atom is -0.377 e. The van der Waals surface area contributed by atoms with E-state index in [-0.39, 0.29) is 35.0 Å². The van der Waals surface area contributed by atoms with Crippen LogP contribution < -0.4 is 11.0 Å². The van der Waals surface area contributed by atoms with Gasteiger partial charge in [0.25, 0.3) is 5.69 Å². The Morgan fingerprint density at radius 1 is 1.07 bits per heavy atom. The molecule has 9 heteroatoms. The molecule has 1 aromatic heterocycles. The third kappa shape index (κ3) is 4.93. The summed E-state index contributed by atoms with van der Waals surface area (Å²) in [5, 5.41) is 13.4. The fourth-order valence-corrected chi connectivity index (χ4v) is 2.70. The Hall–Kier alpha value is -3.23. The lowest BCUT2D eigenvalue weighted by Crippen LogP contribution is -2.18. The molecular weight excluding hydrogens is 370 g/mol. The fourth-order valence-electron chi connectivity index (χ4n) is 2.70. The van der Waals surface area contributed by atoms with Crippen LogP contribution in [-0.2, 0) is 0 Å². The SMILES string of the molecule is CC(C)Nc1cc(F)ccc1[N+](=O)[O-].CC(C)n1c(=O)[nH]c2ccc(F)cc21. The monoisotopic (exact) mass is 392 g/mol. The largest absolute Gasteiger partial charge is 0.377 e. The Kier molecular flexibility index (Phi) is 6.50. The van der Waals surface area contributed by atoms with Crippen LogP contribution in [0.15, 0.2) is 41.2 Å². The lowest BCUT2D eigenvalue weighted by Gasteiger charge is -2.09. The minimum atomic E-state index is -0.538. The van der Waals surface area contributed by atoms with Crippen molar-refractivity contribution in [2.75, 3.05) is 5.32 Å². The summed E-state index contributed by atoms with van der Waals surface area (Å²) in [7, 11) is 0. The average Bonchev–Trinajstić information content (AvgIpc) is 2.89. The maximum absolute atomic E-state index is 13.0. The van der Waals surface area contributed by atoms with Crippen molar-refractivity contribution >= 4 is 22.4 Å².